The summed E-state index contributed by atoms with van der Waals surface area (Å²) in [7, 11) is 0. The molecule has 0 unspecified atom stereocenters. The molecule has 0 radical (unpaired) electrons. The highest BCUT2D eigenvalue weighted by molar-refractivity contribution is 7.17. The molecule has 124 valence electrons. The smallest absolute Gasteiger partial charge is 0.138 e. The molecule has 5 heteroatoms. The standard InChI is InChI=1S/C20H18N4S/c1-14-5-7-15(8-6-14)17-12-25-20-18(17)19(23-13-24-20)22-11-9-16-4-2-3-10-21-16/h2-8,10,12-13H,9,11H2,1H3,(H,22,23,24). The normalized spacial score (nSPS) is 10.9. The van der Waals surface area contributed by atoms with Gasteiger partial charge in [0.15, 0.2) is 0 Å². The van der Waals surface area contributed by atoms with E-state index in [-0.39, 0.29) is 0 Å². The fourth-order valence-electron chi connectivity index (χ4n) is 2.81. The van der Waals surface area contributed by atoms with Crippen molar-refractivity contribution in [2.75, 3.05) is 11.9 Å². The van der Waals surface area contributed by atoms with Crippen molar-refractivity contribution in [3.63, 3.8) is 0 Å². The fourth-order valence-corrected chi connectivity index (χ4v) is 3.73. The third-order valence-electron chi connectivity index (χ3n) is 4.13. The van der Waals surface area contributed by atoms with Gasteiger partial charge in [0.2, 0.25) is 0 Å². The average molecular weight is 346 g/mol. The highest BCUT2D eigenvalue weighted by Gasteiger charge is 2.12. The van der Waals surface area contributed by atoms with E-state index in [1.165, 1.54) is 16.7 Å². The fraction of sp³-hybridized carbons (Fsp3) is 0.150. The second-order valence-corrected chi connectivity index (χ2v) is 6.77. The average Bonchev–Trinajstić information content (AvgIpc) is 3.08. The van der Waals surface area contributed by atoms with Crippen molar-refractivity contribution in [1.82, 2.24) is 15.0 Å². The number of nitrogens with one attached hydrogen (secondary N) is 1. The Labute approximate surface area is 150 Å². The maximum Gasteiger partial charge on any atom is 0.138 e. The molecule has 4 aromatic rings. The highest BCUT2D eigenvalue weighted by atomic mass is 32.1. The van der Waals surface area contributed by atoms with Crippen LogP contribution in [0.2, 0.25) is 0 Å². The zero-order valence-corrected chi connectivity index (χ0v) is 14.8. The summed E-state index contributed by atoms with van der Waals surface area (Å²) in [4.78, 5) is 14.3. The van der Waals surface area contributed by atoms with E-state index in [1.807, 2.05) is 24.4 Å². The first-order valence-electron chi connectivity index (χ1n) is 8.24. The minimum Gasteiger partial charge on any atom is -0.369 e. The molecule has 0 saturated heterocycles. The minimum absolute atomic E-state index is 0.784. The summed E-state index contributed by atoms with van der Waals surface area (Å²) < 4.78 is 0. The zero-order valence-electron chi connectivity index (χ0n) is 13.9. The summed E-state index contributed by atoms with van der Waals surface area (Å²) >= 11 is 1.65. The SMILES string of the molecule is Cc1ccc(-c2csc3ncnc(NCCc4ccccn4)c23)cc1. The van der Waals surface area contributed by atoms with E-state index in [0.717, 1.165) is 34.7 Å². The molecule has 1 aromatic carbocycles. The highest BCUT2D eigenvalue weighted by Crippen LogP contribution is 2.36. The molecule has 0 spiro atoms. The molecule has 0 aliphatic rings. The van der Waals surface area contributed by atoms with E-state index in [0.29, 0.717) is 0 Å². The molecule has 0 amide bonds. The van der Waals surface area contributed by atoms with Crippen molar-refractivity contribution in [3.8, 4) is 11.1 Å². The van der Waals surface area contributed by atoms with Crippen LogP contribution in [-0.4, -0.2) is 21.5 Å². The van der Waals surface area contributed by atoms with E-state index in [2.05, 4.69) is 56.8 Å². The molecule has 3 aromatic heterocycles. The van der Waals surface area contributed by atoms with Gasteiger partial charge in [0, 0.05) is 35.8 Å². The number of aromatic nitrogens is 3. The molecule has 0 bridgehead atoms. The largest absolute Gasteiger partial charge is 0.369 e. The first-order chi connectivity index (χ1) is 12.3. The van der Waals surface area contributed by atoms with Gasteiger partial charge in [-0.2, -0.15) is 0 Å². The van der Waals surface area contributed by atoms with Crippen LogP contribution in [0, 0.1) is 6.92 Å². The van der Waals surface area contributed by atoms with E-state index < -0.39 is 0 Å². The Morgan fingerprint density at radius 2 is 1.88 bits per heavy atom. The molecule has 4 rings (SSSR count). The van der Waals surface area contributed by atoms with Gasteiger partial charge in [-0.3, -0.25) is 4.98 Å². The molecule has 4 nitrogen and oxygen atoms in total. The Kier molecular flexibility index (Phi) is 4.39. The number of thiophene rings is 1. The zero-order chi connectivity index (χ0) is 17.1. The van der Waals surface area contributed by atoms with Gasteiger partial charge >= 0.3 is 0 Å². The van der Waals surface area contributed by atoms with Gasteiger partial charge in [-0.25, -0.2) is 9.97 Å². The van der Waals surface area contributed by atoms with Crippen molar-refractivity contribution >= 4 is 27.4 Å². The lowest BCUT2D eigenvalue weighted by Gasteiger charge is -2.08. The summed E-state index contributed by atoms with van der Waals surface area (Å²) in [6.45, 7) is 2.88. The quantitative estimate of drug-likeness (QED) is 0.568. The minimum atomic E-state index is 0.784. The van der Waals surface area contributed by atoms with Gasteiger partial charge < -0.3 is 5.32 Å². The van der Waals surface area contributed by atoms with Gasteiger partial charge in [-0.1, -0.05) is 35.9 Å². The molecule has 0 aliphatic heterocycles. The number of rotatable bonds is 5. The molecule has 0 atom stereocenters. The molecule has 1 N–H and O–H groups in total. The maximum absolute atomic E-state index is 4.48. The number of pyridine rings is 1. The van der Waals surface area contributed by atoms with E-state index in [1.54, 1.807) is 17.7 Å². The first kappa shape index (κ1) is 15.7. The number of hydrogen-bond acceptors (Lipinski definition) is 5. The summed E-state index contributed by atoms with van der Waals surface area (Å²) in [6.07, 6.45) is 4.31. The van der Waals surface area contributed by atoms with Crippen LogP contribution in [-0.2, 0) is 6.42 Å². The Hall–Kier alpha value is -2.79. The number of anilines is 1. The lowest BCUT2D eigenvalue weighted by molar-refractivity contribution is 0.954. The summed E-state index contributed by atoms with van der Waals surface area (Å²) in [5, 5.41) is 6.71. The predicted molar refractivity (Wildman–Crippen MR) is 104 cm³/mol. The number of fused-ring (bicyclic) bond motifs is 1. The van der Waals surface area contributed by atoms with Crippen LogP contribution in [0.5, 0.6) is 0 Å². The van der Waals surface area contributed by atoms with Crippen LogP contribution in [0.3, 0.4) is 0 Å². The number of nitrogens with zero attached hydrogens (tertiary/aromatic N) is 3. The van der Waals surface area contributed by atoms with Crippen molar-refractivity contribution in [2.45, 2.75) is 13.3 Å². The summed E-state index contributed by atoms with van der Waals surface area (Å²) in [5.41, 5.74) is 4.71. The maximum atomic E-state index is 4.48. The molecular formula is C20H18N4S. The molecule has 0 aliphatic carbocycles. The van der Waals surface area contributed by atoms with Crippen LogP contribution in [0.1, 0.15) is 11.3 Å². The Morgan fingerprint density at radius 1 is 1.00 bits per heavy atom. The summed E-state index contributed by atoms with van der Waals surface area (Å²) in [5.74, 6) is 0.887. The lowest BCUT2D eigenvalue weighted by Crippen LogP contribution is -2.07. The van der Waals surface area contributed by atoms with Crippen LogP contribution in [0.4, 0.5) is 5.82 Å². The van der Waals surface area contributed by atoms with Gasteiger partial charge in [0.25, 0.3) is 0 Å². The van der Waals surface area contributed by atoms with Crippen molar-refractivity contribution in [1.29, 1.82) is 0 Å². The second kappa shape index (κ2) is 6.99. The van der Waals surface area contributed by atoms with Gasteiger partial charge in [-0.15, -0.1) is 11.3 Å². The monoisotopic (exact) mass is 346 g/mol. The van der Waals surface area contributed by atoms with E-state index >= 15 is 0 Å². The van der Waals surface area contributed by atoms with Gasteiger partial charge in [0.1, 0.15) is 17.0 Å². The second-order valence-electron chi connectivity index (χ2n) is 5.92. The van der Waals surface area contributed by atoms with E-state index in [4.69, 9.17) is 0 Å². The number of benzene rings is 1. The molecule has 3 heterocycles. The number of aryl methyl sites for hydroxylation is 1. The third kappa shape index (κ3) is 3.37. The molecular weight excluding hydrogens is 328 g/mol. The predicted octanol–water partition coefficient (Wildman–Crippen LogP) is 4.72. The van der Waals surface area contributed by atoms with Crippen molar-refractivity contribution in [2.24, 2.45) is 0 Å². The van der Waals surface area contributed by atoms with Crippen LogP contribution in [0.25, 0.3) is 21.3 Å². The van der Waals surface area contributed by atoms with Gasteiger partial charge in [0.05, 0.1) is 5.39 Å². The van der Waals surface area contributed by atoms with E-state index in [9.17, 15) is 0 Å². The van der Waals surface area contributed by atoms with Crippen molar-refractivity contribution in [3.05, 3.63) is 71.6 Å². The van der Waals surface area contributed by atoms with Gasteiger partial charge in [-0.05, 0) is 24.6 Å². The summed E-state index contributed by atoms with van der Waals surface area (Å²) in [6, 6.07) is 14.6. The van der Waals surface area contributed by atoms with Crippen LogP contribution < -0.4 is 5.32 Å². The topological polar surface area (TPSA) is 50.7 Å². The Morgan fingerprint density at radius 3 is 2.68 bits per heavy atom. The van der Waals surface area contributed by atoms with Crippen LogP contribution >= 0.6 is 11.3 Å². The third-order valence-corrected chi connectivity index (χ3v) is 5.02. The first-order valence-corrected chi connectivity index (χ1v) is 9.12. The lowest BCUT2D eigenvalue weighted by atomic mass is 10.0. The Bertz CT molecular complexity index is 978. The number of hydrogen-bond donors (Lipinski definition) is 1. The molecule has 25 heavy (non-hydrogen) atoms. The van der Waals surface area contributed by atoms with Crippen LogP contribution in [0.15, 0.2) is 60.4 Å². The molecule has 0 fully saturated rings. The molecule has 0 saturated carbocycles. The van der Waals surface area contributed by atoms with Crippen molar-refractivity contribution < 1.29 is 0 Å². The Balaban J connectivity index is 1.62.